The molecule has 0 radical (unpaired) electrons. The van der Waals surface area contributed by atoms with Crippen LogP contribution in [-0.2, 0) is 10.0 Å². The van der Waals surface area contributed by atoms with Crippen LogP contribution in [0.4, 0.5) is 5.69 Å². The van der Waals surface area contributed by atoms with Crippen LogP contribution in [0.5, 0.6) is 0 Å². The van der Waals surface area contributed by atoms with E-state index in [4.69, 9.17) is 10.9 Å². The zero-order chi connectivity index (χ0) is 11.8. The van der Waals surface area contributed by atoms with E-state index in [1.165, 1.54) is 29.5 Å². The van der Waals surface area contributed by atoms with E-state index < -0.39 is 10.0 Å². The fourth-order valence-corrected chi connectivity index (χ4v) is 1.99. The van der Waals surface area contributed by atoms with Crippen molar-refractivity contribution in [2.75, 3.05) is 5.73 Å². The second kappa shape index (κ2) is 3.58. The highest BCUT2D eigenvalue weighted by atomic mass is 32.2. The number of rotatable bonds is 2. The van der Waals surface area contributed by atoms with Gasteiger partial charge in [-0.25, -0.2) is 23.2 Å². The van der Waals surface area contributed by atoms with Crippen LogP contribution in [0, 0.1) is 0 Å². The van der Waals surface area contributed by atoms with Gasteiger partial charge < -0.3 is 5.73 Å². The molecule has 0 aliphatic rings. The molecule has 1 aromatic heterocycles. The van der Waals surface area contributed by atoms with E-state index in [1.54, 1.807) is 6.07 Å². The fourth-order valence-electron chi connectivity index (χ4n) is 1.31. The molecule has 2 aromatic rings. The molecule has 0 unspecified atom stereocenters. The van der Waals surface area contributed by atoms with Crippen LogP contribution in [0.25, 0.3) is 5.69 Å². The number of aromatic nitrogens is 3. The van der Waals surface area contributed by atoms with E-state index in [2.05, 4.69) is 10.1 Å². The van der Waals surface area contributed by atoms with Gasteiger partial charge in [0.2, 0.25) is 10.0 Å². The first-order valence-electron chi connectivity index (χ1n) is 4.26. The Morgan fingerprint density at radius 3 is 2.62 bits per heavy atom. The minimum atomic E-state index is -3.83. The predicted octanol–water partition coefficient (Wildman–Crippen LogP) is -0.503. The van der Waals surface area contributed by atoms with Gasteiger partial charge >= 0.3 is 0 Å². The van der Waals surface area contributed by atoms with Gasteiger partial charge in [0, 0.05) is 0 Å². The van der Waals surface area contributed by atoms with E-state index in [-0.39, 0.29) is 10.6 Å². The summed E-state index contributed by atoms with van der Waals surface area (Å²) in [5, 5.41) is 8.89. The van der Waals surface area contributed by atoms with Crippen molar-refractivity contribution in [1.82, 2.24) is 14.8 Å². The summed E-state index contributed by atoms with van der Waals surface area (Å²) < 4.78 is 23.8. The van der Waals surface area contributed by atoms with E-state index in [1.807, 2.05) is 0 Å². The third kappa shape index (κ3) is 1.75. The first kappa shape index (κ1) is 10.6. The van der Waals surface area contributed by atoms with Gasteiger partial charge in [-0.15, -0.1) is 0 Å². The van der Waals surface area contributed by atoms with Crippen molar-refractivity contribution in [3.63, 3.8) is 0 Å². The Hall–Kier alpha value is -1.93. The lowest BCUT2D eigenvalue weighted by molar-refractivity contribution is 0.598. The first-order chi connectivity index (χ1) is 7.50. The van der Waals surface area contributed by atoms with Crippen LogP contribution < -0.4 is 10.9 Å². The largest absolute Gasteiger partial charge is 0.396 e. The Labute approximate surface area is 91.8 Å². The molecule has 0 fully saturated rings. The monoisotopic (exact) mass is 239 g/mol. The van der Waals surface area contributed by atoms with Gasteiger partial charge in [-0.1, -0.05) is 6.07 Å². The lowest BCUT2D eigenvalue weighted by atomic mass is 10.3. The van der Waals surface area contributed by atoms with Crippen molar-refractivity contribution in [3.8, 4) is 5.69 Å². The van der Waals surface area contributed by atoms with Crippen molar-refractivity contribution in [2.24, 2.45) is 5.14 Å². The standard InChI is InChI=1S/C8H9N5O2S/c9-8-6(13-5-11-4-12-13)2-1-3-7(8)16(10,14)15/h1-5H,9H2,(H2,10,14,15). The molecule has 8 heteroatoms. The molecule has 1 heterocycles. The summed E-state index contributed by atoms with van der Waals surface area (Å²) in [5.41, 5.74) is 6.18. The highest BCUT2D eigenvalue weighted by Gasteiger charge is 2.15. The smallest absolute Gasteiger partial charge is 0.240 e. The topological polar surface area (TPSA) is 117 Å². The Morgan fingerprint density at radius 2 is 2.06 bits per heavy atom. The molecule has 0 atom stereocenters. The quantitative estimate of drug-likeness (QED) is 0.685. The third-order valence-electron chi connectivity index (χ3n) is 2.02. The summed E-state index contributed by atoms with van der Waals surface area (Å²) in [5.74, 6) is 0. The summed E-state index contributed by atoms with van der Waals surface area (Å²) in [6, 6.07) is 4.50. The number of nitrogen functional groups attached to an aromatic ring is 1. The SMILES string of the molecule is Nc1c(-n2cncn2)cccc1S(N)(=O)=O. The van der Waals surface area contributed by atoms with Crippen molar-refractivity contribution in [2.45, 2.75) is 4.90 Å². The molecule has 84 valence electrons. The van der Waals surface area contributed by atoms with E-state index >= 15 is 0 Å². The van der Waals surface area contributed by atoms with Gasteiger partial charge in [-0.05, 0) is 12.1 Å². The Morgan fingerprint density at radius 1 is 1.31 bits per heavy atom. The molecular formula is C8H9N5O2S. The molecule has 0 saturated heterocycles. The van der Waals surface area contributed by atoms with Gasteiger partial charge in [-0.2, -0.15) is 5.10 Å². The van der Waals surface area contributed by atoms with Gasteiger partial charge in [0.15, 0.2) is 0 Å². The van der Waals surface area contributed by atoms with Crippen LogP contribution in [0.2, 0.25) is 0 Å². The lowest BCUT2D eigenvalue weighted by Crippen LogP contribution is -2.15. The van der Waals surface area contributed by atoms with Crippen LogP contribution >= 0.6 is 0 Å². The highest BCUT2D eigenvalue weighted by Crippen LogP contribution is 2.23. The second-order valence-corrected chi connectivity index (χ2v) is 4.60. The molecule has 0 aliphatic heterocycles. The number of para-hydroxylation sites is 1. The number of sulfonamides is 1. The van der Waals surface area contributed by atoms with Gasteiger partial charge in [-0.3, -0.25) is 0 Å². The summed E-state index contributed by atoms with van der Waals surface area (Å²) in [6.07, 6.45) is 2.74. The predicted molar refractivity (Wildman–Crippen MR) is 57.1 cm³/mol. The molecule has 0 amide bonds. The Kier molecular flexibility index (Phi) is 2.37. The maximum atomic E-state index is 11.2. The molecule has 0 saturated carbocycles. The average molecular weight is 239 g/mol. The van der Waals surface area contributed by atoms with Crippen molar-refractivity contribution in [1.29, 1.82) is 0 Å². The second-order valence-electron chi connectivity index (χ2n) is 3.07. The molecule has 16 heavy (non-hydrogen) atoms. The maximum absolute atomic E-state index is 11.2. The molecule has 1 aromatic carbocycles. The minimum Gasteiger partial charge on any atom is -0.396 e. The van der Waals surface area contributed by atoms with Gasteiger partial charge in [0.05, 0.1) is 11.4 Å². The average Bonchev–Trinajstić information content (AvgIpc) is 2.69. The molecular weight excluding hydrogens is 230 g/mol. The number of anilines is 1. The van der Waals surface area contributed by atoms with E-state index in [0.29, 0.717) is 5.69 Å². The molecule has 4 N–H and O–H groups in total. The number of hydrogen-bond donors (Lipinski definition) is 2. The highest BCUT2D eigenvalue weighted by molar-refractivity contribution is 7.89. The minimum absolute atomic E-state index is 0.0514. The van der Waals surface area contributed by atoms with E-state index in [0.717, 1.165) is 0 Å². The Balaban J connectivity index is 2.67. The Bertz CT molecular complexity index is 605. The zero-order valence-electron chi connectivity index (χ0n) is 8.11. The maximum Gasteiger partial charge on any atom is 0.240 e. The van der Waals surface area contributed by atoms with Crippen molar-refractivity contribution >= 4 is 15.7 Å². The van der Waals surface area contributed by atoms with E-state index in [9.17, 15) is 8.42 Å². The van der Waals surface area contributed by atoms with Crippen LogP contribution in [-0.4, -0.2) is 23.2 Å². The summed E-state index contributed by atoms with van der Waals surface area (Å²) >= 11 is 0. The van der Waals surface area contributed by atoms with Crippen molar-refractivity contribution in [3.05, 3.63) is 30.9 Å². The molecule has 0 bridgehead atoms. The number of primary sulfonamides is 1. The summed E-state index contributed by atoms with van der Waals surface area (Å²) in [4.78, 5) is 3.62. The zero-order valence-corrected chi connectivity index (χ0v) is 8.92. The van der Waals surface area contributed by atoms with Gasteiger partial charge in [0.25, 0.3) is 0 Å². The normalized spacial score (nSPS) is 11.6. The van der Waals surface area contributed by atoms with Gasteiger partial charge in [0.1, 0.15) is 17.6 Å². The third-order valence-corrected chi connectivity index (χ3v) is 2.98. The van der Waals surface area contributed by atoms with Crippen LogP contribution in [0.1, 0.15) is 0 Å². The van der Waals surface area contributed by atoms with Crippen molar-refractivity contribution < 1.29 is 8.42 Å². The summed E-state index contributed by atoms with van der Waals surface area (Å²) in [6.45, 7) is 0. The summed E-state index contributed by atoms with van der Waals surface area (Å²) in [7, 11) is -3.83. The van der Waals surface area contributed by atoms with Crippen LogP contribution in [0.15, 0.2) is 35.7 Å². The molecule has 0 aliphatic carbocycles. The molecule has 0 spiro atoms. The van der Waals surface area contributed by atoms with Crippen LogP contribution in [0.3, 0.4) is 0 Å². The number of hydrogen-bond acceptors (Lipinski definition) is 5. The molecule has 7 nitrogen and oxygen atoms in total. The number of nitrogens with zero attached hydrogens (tertiary/aromatic N) is 3. The first-order valence-corrected chi connectivity index (χ1v) is 5.81. The lowest BCUT2D eigenvalue weighted by Gasteiger charge is -2.08. The number of benzene rings is 1. The fraction of sp³-hybridized carbons (Fsp3) is 0. The molecule has 2 rings (SSSR count). The number of nitrogens with two attached hydrogens (primary N) is 2.